The molecule has 2 aliphatic heterocycles. The van der Waals surface area contributed by atoms with Crippen molar-refractivity contribution in [2.24, 2.45) is 0 Å². The Hall–Kier alpha value is -0.840. The minimum atomic E-state index is 0. The maximum absolute atomic E-state index is 5.64. The quantitative estimate of drug-likeness (QED) is 0.931. The molecule has 1 saturated heterocycles. The fraction of sp³-hybridized carbons (Fsp3) is 0.688. The van der Waals surface area contributed by atoms with Crippen LogP contribution in [0.1, 0.15) is 43.9 Å². The van der Waals surface area contributed by atoms with Crippen molar-refractivity contribution in [3.63, 3.8) is 0 Å². The Balaban J connectivity index is 0.00000161. The molecule has 5 heteroatoms. The molecule has 0 aliphatic carbocycles. The highest BCUT2D eigenvalue weighted by Crippen LogP contribution is 2.27. The van der Waals surface area contributed by atoms with Gasteiger partial charge in [0, 0.05) is 25.6 Å². The summed E-state index contributed by atoms with van der Waals surface area (Å²) >= 11 is 0. The SMILES string of the molecule is CCCC1COCCN1c1ccc2c(n1)C(C)CNC2.Cl. The molecule has 2 atom stereocenters. The predicted molar refractivity (Wildman–Crippen MR) is 88.5 cm³/mol. The van der Waals surface area contributed by atoms with Crippen LogP contribution in [0.2, 0.25) is 0 Å². The lowest BCUT2D eigenvalue weighted by molar-refractivity contribution is 0.0909. The van der Waals surface area contributed by atoms with Crippen LogP contribution in [0.4, 0.5) is 5.82 Å². The van der Waals surface area contributed by atoms with Gasteiger partial charge in [0.05, 0.1) is 24.9 Å². The van der Waals surface area contributed by atoms with Gasteiger partial charge < -0.3 is 15.0 Å². The summed E-state index contributed by atoms with van der Waals surface area (Å²) < 4.78 is 5.64. The summed E-state index contributed by atoms with van der Waals surface area (Å²) in [6.45, 7) is 9.09. The first-order valence-electron chi connectivity index (χ1n) is 7.84. The van der Waals surface area contributed by atoms with Gasteiger partial charge >= 0.3 is 0 Å². The topological polar surface area (TPSA) is 37.4 Å². The highest BCUT2D eigenvalue weighted by atomic mass is 35.5. The molecule has 3 heterocycles. The number of fused-ring (bicyclic) bond motifs is 1. The second-order valence-electron chi connectivity index (χ2n) is 5.96. The van der Waals surface area contributed by atoms with Gasteiger partial charge in [-0.05, 0) is 18.1 Å². The molecular weight excluding hydrogens is 286 g/mol. The van der Waals surface area contributed by atoms with Crippen molar-refractivity contribution in [2.45, 2.75) is 45.2 Å². The molecule has 1 N–H and O–H groups in total. The minimum absolute atomic E-state index is 0. The molecule has 1 fully saturated rings. The third-order valence-corrected chi connectivity index (χ3v) is 4.37. The summed E-state index contributed by atoms with van der Waals surface area (Å²) in [4.78, 5) is 7.43. The molecule has 1 aromatic rings. The average Bonchev–Trinajstić information content (AvgIpc) is 2.48. The Labute approximate surface area is 133 Å². The van der Waals surface area contributed by atoms with Crippen LogP contribution in [0, 0.1) is 0 Å². The lowest BCUT2D eigenvalue weighted by Crippen LogP contribution is -2.46. The Morgan fingerprint density at radius 1 is 1.43 bits per heavy atom. The summed E-state index contributed by atoms with van der Waals surface area (Å²) in [5, 5.41) is 3.45. The van der Waals surface area contributed by atoms with Crippen LogP contribution in [0.3, 0.4) is 0 Å². The Morgan fingerprint density at radius 3 is 3.10 bits per heavy atom. The van der Waals surface area contributed by atoms with E-state index in [1.807, 2.05) is 0 Å². The van der Waals surface area contributed by atoms with Gasteiger partial charge in [0.25, 0.3) is 0 Å². The lowest BCUT2D eigenvalue weighted by atomic mass is 9.98. The summed E-state index contributed by atoms with van der Waals surface area (Å²) in [6, 6.07) is 4.92. The van der Waals surface area contributed by atoms with E-state index in [0.29, 0.717) is 12.0 Å². The van der Waals surface area contributed by atoms with E-state index in [2.05, 4.69) is 36.2 Å². The van der Waals surface area contributed by atoms with Crippen LogP contribution in [0.25, 0.3) is 0 Å². The molecule has 4 nitrogen and oxygen atoms in total. The standard InChI is InChI=1S/C16H25N3O.ClH/c1-3-4-14-11-20-8-7-19(14)15-6-5-13-10-17-9-12(2)16(13)18-15;/h5-6,12,14,17H,3-4,7-11H2,1-2H3;1H. The first kappa shape index (κ1) is 16.5. The Morgan fingerprint density at radius 2 is 2.29 bits per heavy atom. The fourth-order valence-corrected chi connectivity index (χ4v) is 3.28. The van der Waals surface area contributed by atoms with Crippen LogP contribution in [-0.4, -0.2) is 37.3 Å². The van der Waals surface area contributed by atoms with Crippen molar-refractivity contribution >= 4 is 18.2 Å². The Bertz CT molecular complexity index is 467. The Kier molecular flexibility index (Phi) is 5.85. The maximum atomic E-state index is 5.64. The van der Waals surface area contributed by atoms with Gasteiger partial charge in [0.15, 0.2) is 0 Å². The molecule has 0 aromatic carbocycles. The van der Waals surface area contributed by atoms with Gasteiger partial charge in [-0.2, -0.15) is 0 Å². The first-order chi connectivity index (χ1) is 9.79. The van der Waals surface area contributed by atoms with E-state index < -0.39 is 0 Å². The summed E-state index contributed by atoms with van der Waals surface area (Å²) in [7, 11) is 0. The summed E-state index contributed by atoms with van der Waals surface area (Å²) in [5.41, 5.74) is 2.63. The van der Waals surface area contributed by atoms with Crippen molar-refractivity contribution in [3.8, 4) is 0 Å². The molecular formula is C16H26ClN3O. The summed E-state index contributed by atoms with van der Waals surface area (Å²) in [5.74, 6) is 1.64. The molecule has 0 saturated carbocycles. The monoisotopic (exact) mass is 311 g/mol. The minimum Gasteiger partial charge on any atom is -0.377 e. The third-order valence-electron chi connectivity index (χ3n) is 4.37. The van der Waals surface area contributed by atoms with E-state index in [-0.39, 0.29) is 12.4 Å². The van der Waals surface area contributed by atoms with Crippen LogP contribution < -0.4 is 10.2 Å². The van der Waals surface area contributed by atoms with Gasteiger partial charge in [-0.15, -0.1) is 12.4 Å². The van der Waals surface area contributed by atoms with Crippen molar-refractivity contribution in [3.05, 3.63) is 23.4 Å². The molecule has 2 aliphatic rings. The molecule has 1 aromatic heterocycles. The number of nitrogens with one attached hydrogen (secondary N) is 1. The number of halogens is 1. The highest BCUT2D eigenvalue weighted by Gasteiger charge is 2.25. The number of aromatic nitrogens is 1. The zero-order valence-corrected chi connectivity index (χ0v) is 13.8. The smallest absolute Gasteiger partial charge is 0.129 e. The molecule has 0 radical (unpaired) electrons. The van der Waals surface area contributed by atoms with E-state index >= 15 is 0 Å². The third kappa shape index (κ3) is 3.50. The number of hydrogen-bond acceptors (Lipinski definition) is 4. The zero-order chi connectivity index (χ0) is 13.9. The van der Waals surface area contributed by atoms with E-state index in [0.717, 1.165) is 38.7 Å². The fourth-order valence-electron chi connectivity index (χ4n) is 3.28. The van der Waals surface area contributed by atoms with E-state index in [4.69, 9.17) is 9.72 Å². The maximum Gasteiger partial charge on any atom is 0.129 e. The largest absolute Gasteiger partial charge is 0.377 e. The summed E-state index contributed by atoms with van der Waals surface area (Å²) in [6.07, 6.45) is 2.37. The molecule has 21 heavy (non-hydrogen) atoms. The van der Waals surface area contributed by atoms with Crippen LogP contribution in [-0.2, 0) is 11.3 Å². The molecule has 0 bridgehead atoms. The zero-order valence-electron chi connectivity index (χ0n) is 13.0. The van der Waals surface area contributed by atoms with Crippen LogP contribution in [0.5, 0.6) is 0 Å². The normalized spacial score (nSPS) is 25.1. The van der Waals surface area contributed by atoms with E-state index in [9.17, 15) is 0 Å². The van der Waals surface area contributed by atoms with Gasteiger partial charge in [-0.1, -0.05) is 26.3 Å². The predicted octanol–water partition coefficient (Wildman–Crippen LogP) is 2.72. The van der Waals surface area contributed by atoms with Gasteiger partial charge in [0.2, 0.25) is 0 Å². The molecule has 0 amide bonds. The number of ether oxygens (including phenoxy) is 1. The van der Waals surface area contributed by atoms with Crippen molar-refractivity contribution in [1.82, 2.24) is 10.3 Å². The second kappa shape index (κ2) is 7.43. The number of pyridine rings is 1. The van der Waals surface area contributed by atoms with Gasteiger partial charge in [0.1, 0.15) is 5.82 Å². The molecule has 2 unspecified atom stereocenters. The molecule has 3 rings (SSSR count). The van der Waals surface area contributed by atoms with E-state index in [1.165, 1.54) is 24.1 Å². The molecule has 0 spiro atoms. The molecule has 118 valence electrons. The second-order valence-corrected chi connectivity index (χ2v) is 5.96. The van der Waals surface area contributed by atoms with Crippen molar-refractivity contribution in [1.29, 1.82) is 0 Å². The number of nitrogens with zero attached hydrogens (tertiary/aromatic N) is 2. The lowest BCUT2D eigenvalue weighted by Gasteiger charge is -2.37. The number of morpholine rings is 1. The average molecular weight is 312 g/mol. The van der Waals surface area contributed by atoms with Crippen molar-refractivity contribution < 1.29 is 4.74 Å². The van der Waals surface area contributed by atoms with E-state index in [1.54, 1.807) is 0 Å². The van der Waals surface area contributed by atoms with Crippen LogP contribution >= 0.6 is 12.4 Å². The number of hydrogen-bond donors (Lipinski definition) is 1. The van der Waals surface area contributed by atoms with Crippen molar-refractivity contribution in [2.75, 3.05) is 31.2 Å². The highest BCUT2D eigenvalue weighted by molar-refractivity contribution is 5.85. The number of rotatable bonds is 3. The van der Waals surface area contributed by atoms with Gasteiger partial charge in [-0.25, -0.2) is 4.98 Å². The number of anilines is 1. The van der Waals surface area contributed by atoms with Crippen LogP contribution in [0.15, 0.2) is 12.1 Å². The first-order valence-corrected chi connectivity index (χ1v) is 7.84. The van der Waals surface area contributed by atoms with Gasteiger partial charge in [-0.3, -0.25) is 0 Å².